The summed E-state index contributed by atoms with van der Waals surface area (Å²) in [7, 11) is 0. The minimum absolute atomic E-state index is 0. The van der Waals surface area contributed by atoms with E-state index < -0.39 is 5.82 Å². The number of rotatable bonds is 2. The Morgan fingerprint density at radius 2 is 2.05 bits per heavy atom. The van der Waals surface area contributed by atoms with Crippen LogP contribution in [0.15, 0.2) is 22.7 Å². The standard InChI is InChI=1S/C13H16BrFN2O.ClH/c14-10-1-2-11(12(15)7-10)13(18)17-5-3-9(8-16)4-6-17;/h1-2,7,9H,3-6,8,16H2;1H. The summed E-state index contributed by atoms with van der Waals surface area (Å²) in [5.74, 6) is -0.213. The maximum atomic E-state index is 13.7. The lowest BCUT2D eigenvalue weighted by molar-refractivity contribution is 0.0688. The van der Waals surface area contributed by atoms with E-state index in [1.807, 2.05) is 0 Å². The molecule has 1 aromatic carbocycles. The van der Waals surface area contributed by atoms with Gasteiger partial charge in [-0.25, -0.2) is 4.39 Å². The second kappa shape index (κ2) is 7.22. The lowest BCUT2D eigenvalue weighted by Crippen LogP contribution is -2.40. The molecule has 3 nitrogen and oxygen atoms in total. The Bertz CT molecular complexity index is 450. The van der Waals surface area contributed by atoms with Crippen LogP contribution >= 0.6 is 28.3 Å². The van der Waals surface area contributed by atoms with E-state index in [0.717, 1.165) is 12.8 Å². The molecule has 2 rings (SSSR count). The molecule has 6 heteroatoms. The van der Waals surface area contributed by atoms with E-state index >= 15 is 0 Å². The third-order valence-corrected chi connectivity index (χ3v) is 3.89. The molecule has 1 fully saturated rings. The monoisotopic (exact) mass is 350 g/mol. The van der Waals surface area contributed by atoms with Crippen molar-refractivity contribution in [2.45, 2.75) is 12.8 Å². The van der Waals surface area contributed by atoms with Crippen molar-refractivity contribution in [3.05, 3.63) is 34.1 Å². The SMILES string of the molecule is Cl.NCC1CCN(C(=O)c2ccc(Br)cc2F)CC1. The van der Waals surface area contributed by atoms with E-state index in [1.54, 1.807) is 11.0 Å². The van der Waals surface area contributed by atoms with Crippen LogP contribution in [0.4, 0.5) is 4.39 Å². The van der Waals surface area contributed by atoms with Gasteiger partial charge in [0.2, 0.25) is 0 Å². The van der Waals surface area contributed by atoms with Gasteiger partial charge in [-0.1, -0.05) is 15.9 Å². The van der Waals surface area contributed by atoms with Gasteiger partial charge >= 0.3 is 0 Å². The van der Waals surface area contributed by atoms with Crippen molar-refractivity contribution in [3.8, 4) is 0 Å². The van der Waals surface area contributed by atoms with Gasteiger partial charge in [-0.15, -0.1) is 12.4 Å². The van der Waals surface area contributed by atoms with E-state index in [0.29, 0.717) is 30.0 Å². The van der Waals surface area contributed by atoms with Gasteiger partial charge in [-0.05, 0) is 43.5 Å². The van der Waals surface area contributed by atoms with E-state index in [-0.39, 0.29) is 23.9 Å². The van der Waals surface area contributed by atoms with Crippen molar-refractivity contribution >= 4 is 34.2 Å². The molecule has 1 heterocycles. The summed E-state index contributed by atoms with van der Waals surface area (Å²) in [6.07, 6.45) is 1.81. The summed E-state index contributed by atoms with van der Waals surface area (Å²) in [4.78, 5) is 13.9. The topological polar surface area (TPSA) is 46.3 Å². The number of amides is 1. The van der Waals surface area contributed by atoms with Crippen LogP contribution in [0.1, 0.15) is 23.2 Å². The molecule has 0 spiro atoms. The number of likely N-dealkylation sites (tertiary alicyclic amines) is 1. The first-order chi connectivity index (χ1) is 8.61. The first-order valence-corrected chi connectivity index (χ1v) is 6.85. The number of piperidine rings is 1. The Labute approximate surface area is 126 Å². The molecule has 1 aliphatic heterocycles. The lowest BCUT2D eigenvalue weighted by atomic mass is 9.96. The third kappa shape index (κ3) is 3.91. The average molecular weight is 352 g/mol. The minimum atomic E-state index is -0.477. The van der Waals surface area contributed by atoms with Crippen molar-refractivity contribution in [1.82, 2.24) is 4.90 Å². The molecule has 0 bridgehead atoms. The molecule has 0 aromatic heterocycles. The molecule has 2 N–H and O–H groups in total. The summed E-state index contributed by atoms with van der Waals surface area (Å²) in [5.41, 5.74) is 5.75. The molecular weight excluding hydrogens is 335 g/mol. The highest BCUT2D eigenvalue weighted by Gasteiger charge is 2.24. The van der Waals surface area contributed by atoms with Crippen LogP contribution in [0.3, 0.4) is 0 Å². The molecule has 106 valence electrons. The first kappa shape index (κ1) is 16.4. The maximum absolute atomic E-state index is 13.7. The van der Waals surface area contributed by atoms with Crippen molar-refractivity contribution < 1.29 is 9.18 Å². The Hall–Kier alpha value is -0.650. The second-order valence-corrected chi connectivity index (χ2v) is 5.51. The smallest absolute Gasteiger partial charge is 0.256 e. The molecule has 1 saturated heterocycles. The zero-order chi connectivity index (χ0) is 13.1. The summed E-state index contributed by atoms with van der Waals surface area (Å²) in [6.45, 7) is 1.99. The lowest BCUT2D eigenvalue weighted by Gasteiger charge is -2.31. The maximum Gasteiger partial charge on any atom is 0.256 e. The molecule has 0 saturated carbocycles. The van der Waals surface area contributed by atoms with Crippen LogP contribution < -0.4 is 5.73 Å². The van der Waals surface area contributed by atoms with Crippen molar-refractivity contribution in [3.63, 3.8) is 0 Å². The number of hydrogen-bond donors (Lipinski definition) is 1. The summed E-state index contributed by atoms with van der Waals surface area (Å²) in [6, 6.07) is 4.53. The van der Waals surface area contributed by atoms with Gasteiger partial charge in [0, 0.05) is 17.6 Å². The van der Waals surface area contributed by atoms with Gasteiger partial charge < -0.3 is 10.6 Å². The molecule has 0 aliphatic carbocycles. The normalized spacial score (nSPS) is 16.1. The van der Waals surface area contributed by atoms with Crippen LogP contribution in [0.25, 0.3) is 0 Å². The Balaban J connectivity index is 0.00000180. The van der Waals surface area contributed by atoms with Gasteiger partial charge in [-0.2, -0.15) is 0 Å². The minimum Gasteiger partial charge on any atom is -0.339 e. The van der Waals surface area contributed by atoms with E-state index in [2.05, 4.69) is 15.9 Å². The summed E-state index contributed by atoms with van der Waals surface area (Å²) < 4.78 is 14.3. The highest BCUT2D eigenvalue weighted by molar-refractivity contribution is 9.10. The molecule has 0 unspecified atom stereocenters. The molecule has 1 aromatic rings. The molecular formula is C13H17BrClFN2O. The van der Waals surface area contributed by atoms with E-state index in [1.165, 1.54) is 12.1 Å². The zero-order valence-corrected chi connectivity index (χ0v) is 12.8. The Morgan fingerprint density at radius 1 is 1.42 bits per heavy atom. The predicted molar refractivity (Wildman–Crippen MR) is 79.0 cm³/mol. The number of halogens is 3. The van der Waals surface area contributed by atoms with Gasteiger partial charge in [0.15, 0.2) is 0 Å². The number of carbonyl (C=O) groups is 1. The van der Waals surface area contributed by atoms with Crippen LogP contribution in [0.5, 0.6) is 0 Å². The van der Waals surface area contributed by atoms with Crippen molar-refractivity contribution in [2.24, 2.45) is 11.7 Å². The number of nitrogens with zero attached hydrogens (tertiary/aromatic N) is 1. The van der Waals surface area contributed by atoms with Crippen molar-refractivity contribution in [2.75, 3.05) is 19.6 Å². The van der Waals surface area contributed by atoms with Gasteiger partial charge in [0.1, 0.15) is 5.82 Å². The van der Waals surface area contributed by atoms with E-state index in [9.17, 15) is 9.18 Å². The first-order valence-electron chi connectivity index (χ1n) is 6.06. The van der Waals surface area contributed by atoms with Crippen LogP contribution in [-0.2, 0) is 0 Å². The Kier molecular flexibility index (Phi) is 6.23. The highest BCUT2D eigenvalue weighted by atomic mass is 79.9. The molecule has 0 radical (unpaired) electrons. The van der Waals surface area contributed by atoms with Gasteiger partial charge in [0.25, 0.3) is 5.91 Å². The summed E-state index contributed by atoms with van der Waals surface area (Å²) >= 11 is 3.18. The zero-order valence-electron chi connectivity index (χ0n) is 10.4. The molecule has 1 aliphatic rings. The fourth-order valence-corrected chi connectivity index (χ4v) is 2.54. The molecule has 1 amide bonds. The number of carbonyl (C=O) groups excluding carboxylic acids is 1. The van der Waals surface area contributed by atoms with Crippen LogP contribution in [-0.4, -0.2) is 30.4 Å². The van der Waals surface area contributed by atoms with E-state index in [4.69, 9.17) is 5.73 Å². The third-order valence-electron chi connectivity index (χ3n) is 3.40. The fourth-order valence-electron chi connectivity index (χ4n) is 2.21. The van der Waals surface area contributed by atoms with Gasteiger partial charge in [0.05, 0.1) is 5.56 Å². The van der Waals surface area contributed by atoms with Crippen LogP contribution in [0.2, 0.25) is 0 Å². The van der Waals surface area contributed by atoms with Gasteiger partial charge in [-0.3, -0.25) is 4.79 Å². The van der Waals surface area contributed by atoms with Crippen molar-refractivity contribution in [1.29, 1.82) is 0 Å². The second-order valence-electron chi connectivity index (χ2n) is 4.60. The highest BCUT2D eigenvalue weighted by Crippen LogP contribution is 2.21. The largest absolute Gasteiger partial charge is 0.339 e. The average Bonchev–Trinajstić information content (AvgIpc) is 2.38. The number of benzene rings is 1. The fraction of sp³-hybridized carbons (Fsp3) is 0.462. The Morgan fingerprint density at radius 3 is 2.58 bits per heavy atom. The number of nitrogens with two attached hydrogens (primary N) is 1. The predicted octanol–water partition coefficient (Wildman–Crippen LogP) is 2.82. The summed E-state index contributed by atoms with van der Waals surface area (Å²) in [5, 5.41) is 0. The molecule has 19 heavy (non-hydrogen) atoms. The number of hydrogen-bond acceptors (Lipinski definition) is 2. The molecule has 0 atom stereocenters. The quantitative estimate of drug-likeness (QED) is 0.890. The van der Waals surface area contributed by atoms with Crippen LogP contribution in [0, 0.1) is 11.7 Å².